The first-order valence-electron chi connectivity index (χ1n) is 16.3. The van der Waals surface area contributed by atoms with Crippen molar-refractivity contribution in [2.75, 3.05) is 22.5 Å². The zero-order chi connectivity index (χ0) is 36.5. The first kappa shape index (κ1) is 38.1. The summed E-state index contributed by atoms with van der Waals surface area (Å²) in [6.45, 7) is 14.9. The van der Waals surface area contributed by atoms with Crippen molar-refractivity contribution in [2.24, 2.45) is 5.92 Å². The summed E-state index contributed by atoms with van der Waals surface area (Å²) in [7, 11) is 0. The fourth-order valence-electron chi connectivity index (χ4n) is 4.81. The van der Waals surface area contributed by atoms with E-state index in [4.69, 9.17) is 26.7 Å². The normalized spacial score (nSPS) is 12.0. The molecular weight excluding hydrogens is 624 g/mol. The second kappa shape index (κ2) is 16.2. The van der Waals surface area contributed by atoms with Gasteiger partial charge in [-0.05, 0) is 78.6 Å². The maximum absolute atomic E-state index is 12.6. The summed E-state index contributed by atoms with van der Waals surface area (Å²) in [5, 5.41) is 2.99. The van der Waals surface area contributed by atoms with Crippen LogP contribution in [0.15, 0.2) is 60.9 Å². The molecule has 2 heterocycles. The molecule has 0 spiro atoms. The van der Waals surface area contributed by atoms with Gasteiger partial charge in [-0.2, -0.15) is 0 Å². The van der Waals surface area contributed by atoms with Gasteiger partial charge in [0.15, 0.2) is 0 Å². The fraction of sp³-hybridized carbons (Fsp3) is 0.417. The summed E-state index contributed by atoms with van der Waals surface area (Å²) >= 11 is 0. The molecule has 0 fully saturated rings. The minimum Gasteiger partial charge on any atom is -0.443 e. The van der Waals surface area contributed by atoms with Crippen LogP contribution in [0.1, 0.15) is 81.1 Å². The number of amides is 1. The van der Waals surface area contributed by atoms with Gasteiger partial charge in [-0.3, -0.25) is 4.79 Å². The molecule has 0 aliphatic rings. The maximum atomic E-state index is 12.6. The number of benzene rings is 2. The molecule has 0 aliphatic carbocycles. The first-order valence-corrected chi connectivity index (χ1v) is 16.3. The Morgan fingerprint density at radius 2 is 1.27 bits per heavy atom. The highest BCUT2D eigenvalue weighted by Gasteiger charge is 2.24. The summed E-state index contributed by atoms with van der Waals surface area (Å²) in [5.74, 6) is 0.130. The Labute approximate surface area is 288 Å². The number of imidazole rings is 2. The SMILES string of the molecule is CC(C)(C)OC(=O)n1c(-c2cccc(N)c2)cnc1N.CCCCC(CC)C(=O)Nc1cccc(-c2cnc(N)n2C(=O)OC(C)(C)C)c1. The molecule has 49 heavy (non-hydrogen) atoms. The van der Waals surface area contributed by atoms with E-state index in [0.29, 0.717) is 28.3 Å². The van der Waals surface area contributed by atoms with Gasteiger partial charge < -0.3 is 32.0 Å². The smallest absolute Gasteiger partial charge is 0.421 e. The van der Waals surface area contributed by atoms with Gasteiger partial charge in [-0.15, -0.1) is 0 Å². The Hall–Kier alpha value is -5.33. The predicted molar refractivity (Wildman–Crippen MR) is 194 cm³/mol. The molecule has 4 aromatic rings. The topological polar surface area (TPSA) is 195 Å². The number of aromatic nitrogens is 4. The van der Waals surface area contributed by atoms with Crippen LogP contribution in [0.25, 0.3) is 22.5 Å². The van der Waals surface area contributed by atoms with E-state index >= 15 is 0 Å². The minimum atomic E-state index is -0.658. The highest BCUT2D eigenvalue weighted by atomic mass is 16.6. The van der Waals surface area contributed by atoms with Crippen LogP contribution in [0.5, 0.6) is 0 Å². The Kier molecular flexibility index (Phi) is 12.6. The molecule has 0 radical (unpaired) electrons. The molecule has 13 heteroatoms. The van der Waals surface area contributed by atoms with Gasteiger partial charge in [0.25, 0.3) is 0 Å². The van der Waals surface area contributed by atoms with Gasteiger partial charge in [-0.25, -0.2) is 28.7 Å². The van der Waals surface area contributed by atoms with Crippen LogP contribution in [0.2, 0.25) is 0 Å². The number of nitrogen functional groups attached to an aromatic ring is 3. The van der Waals surface area contributed by atoms with E-state index in [1.807, 2.05) is 37.3 Å². The highest BCUT2D eigenvalue weighted by Crippen LogP contribution is 2.27. The molecule has 0 bridgehead atoms. The van der Waals surface area contributed by atoms with Gasteiger partial charge in [0.2, 0.25) is 17.8 Å². The third-order valence-corrected chi connectivity index (χ3v) is 7.11. The predicted octanol–water partition coefficient (Wildman–Crippen LogP) is 7.57. The number of hydrogen-bond donors (Lipinski definition) is 4. The molecule has 0 aliphatic heterocycles. The van der Waals surface area contributed by atoms with E-state index < -0.39 is 23.4 Å². The van der Waals surface area contributed by atoms with E-state index in [1.165, 1.54) is 21.5 Å². The van der Waals surface area contributed by atoms with Gasteiger partial charge in [0.1, 0.15) is 11.2 Å². The van der Waals surface area contributed by atoms with Crippen LogP contribution in [-0.4, -0.2) is 48.4 Å². The van der Waals surface area contributed by atoms with Crippen molar-refractivity contribution in [1.29, 1.82) is 0 Å². The molecule has 1 unspecified atom stereocenters. The van der Waals surface area contributed by atoms with E-state index in [0.717, 1.165) is 31.2 Å². The van der Waals surface area contributed by atoms with Crippen LogP contribution >= 0.6 is 0 Å². The second-order valence-corrected chi connectivity index (χ2v) is 13.6. The number of unbranched alkanes of at least 4 members (excludes halogenated alkanes) is 1. The van der Waals surface area contributed by atoms with Crippen molar-refractivity contribution in [3.8, 4) is 22.5 Å². The Bertz CT molecular complexity index is 1750. The molecule has 0 saturated heterocycles. The molecule has 13 nitrogen and oxygen atoms in total. The van der Waals surface area contributed by atoms with Crippen molar-refractivity contribution in [3.63, 3.8) is 0 Å². The lowest BCUT2D eigenvalue weighted by Crippen LogP contribution is -2.28. The monoisotopic (exact) mass is 674 g/mol. The Balaban J connectivity index is 0.000000284. The Morgan fingerprint density at radius 1 is 0.776 bits per heavy atom. The molecule has 264 valence electrons. The van der Waals surface area contributed by atoms with E-state index in [-0.39, 0.29) is 23.7 Å². The largest absolute Gasteiger partial charge is 0.443 e. The zero-order valence-electron chi connectivity index (χ0n) is 29.7. The number of ether oxygens (including phenoxy) is 2. The average molecular weight is 675 g/mol. The molecule has 7 N–H and O–H groups in total. The number of rotatable bonds is 8. The van der Waals surface area contributed by atoms with Gasteiger partial charge in [-0.1, -0.05) is 51.0 Å². The maximum Gasteiger partial charge on any atom is 0.421 e. The molecule has 1 amide bonds. The first-order chi connectivity index (χ1) is 22.9. The number of hydrogen-bond acceptors (Lipinski definition) is 10. The zero-order valence-corrected chi connectivity index (χ0v) is 29.7. The Morgan fingerprint density at radius 3 is 1.71 bits per heavy atom. The van der Waals surface area contributed by atoms with Crippen LogP contribution in [0.4, 0.5) is 32.9 Å². The highest BCUT2D eigenvalue weighted by molar-refractivity contribution is 5.93. The van der Waals surface area contributed by atoms with E-state index in [1.54, 1.807) is 59.7 Å². The van der Waals surface area contributed by atoms with Crippen LogP contribution in [-0.2, 0) is 14.3 Å². The third-order valence-electron chi connectivity index (χ3n) is 7.11. The summed E-state index contributed by atoms with van der Waals surface area (Å²) < 4.78 is 13.2. The van der Waals surface area contributed by atoms with Crippen molar-refractivity contribution in [1.82, 2.24) is 19.1 Å². The number of carbonyl (C=O) groups excluding carboxylic acids is 3. The number of nitrogens with one attached hydrogen (secondary N) is 1. The molecule has 1 atom stereocenters. The summed E-state index contributed by atoms with van der Waals surface area (Å²) in [5.41, 5.74) is 19.9. The molecule has 2 aromatic carbocycles. The van der Waals surface area contributed by atoms with Crippen LogP contribution in [0.3, 0.4) is 0 Å². The lowest BCUT2D eigenvalue weighted by atomic mass is 9.98. The summed E-state index contributed by atoms with van der Waals surface area (Å²) in [6.07, 6.45) is 5.65. The minimum absolute atomic E-state index is 0.0123. The molecule has 4 rings (SSSR count). The van der Waals surface area contributed by atoms with Gasteiger partial charge in [0, 0.05) is 28.4 Å². The molecule has 2 aromatic heterocycles. The van der Waals surface area contributed by atoms with Crippen LogP contribution in [0, 0.1) is 5.92 Å². The third kappa shape index (κ3) is 10.8. The van der Waals surface area contributed by atoms with Crippen molar-refractivity contribution >= 4 is 41.4 Å². The summed E-state index contributed by atoms with van der Waals surface area (Å²) in [4.78, 5) is 45.4. The second-order valence-electron chi connectivity index (χ2n) is 13.6. The standard InChI is InChI=1S/C22H32N4O3.C14H18N4O2/c1-6-8-10-15(7-2)19(27)25-17-12-9-11-16(13-17)18-14-24-20(23)26(18)21(28)29-22(3,4)5;1-14(2,3)20-13(19)18-11(8-17-12(18)16)9-5-4-6-10(15)7-9/h9,11-15H,6-8,10H2,1-5H3,(H2,23,24)(H,25,27);4-8H,15H2,1-3H3,(H2,16,17). The quantitative estimate of drug-likeness (QED) is 0.135. The van der Waals surface area contributed by atoms with Gasteiger partial charge >= 0.3 is 12.2 Å². The molecule has 0 saturated carbocycles. The van der Waals surface area contributed by atoms with Crippen LogP contribution < -0.4 is 22.5 Å². The fourth-order valence-corrected chi connectivity index (χ4v) is 4.81. The number of anilines is 4. The van der Waals surface area contributed by atoms with Crippen molar-refractivity contribution in [3.05, 3.63) is 60.9 Å². The summed E-state index contributed by atoms with van der Waals surface area (Å²) in [6, 6.07) is 14.4. The lowest BCUT2D eigenvalue weighted by Gasteiger charge is -2.20. The van der Waals surface area contributed by atoms with Gasteiger partial charge in [0.05, 0.1) is 23.8 Å². The number of carbonyl (C=O) groups is 3. The van der Waals surface area contributed by atoms with E-state index in [2.05, 4.69) is 22.2 Å². The number of nitrogens with two attached hydrogens (primary N) is 3. The van der Waals surface area contributed by atoms with Crippen molar-refractivity contribution < 1.29 is 23.9 Å². The lowest BCUT2D eigenvalue weighted by molar-refractivity contribution is -0.120. The van der Waals surface area contributed by atoms with Crippen molar-refractivity contribution in [2.45, 2.75) is 92.3 Å². The van der Waals surface area contributed by atoms with E-state index in [9.17, 15) is 14.4 Å². The number of nitrogens with zero attached hydrogens (tertiary/aromatic N) is 4. The molecular formula is C36H50N8O5. The average Bonchev–Trinajstić information content (AvgIpc) is 3.59.